The lowest BCUT2D eigenvalue weighted by Gasteiger charge is -2.08. The quantitative estimate of drug-likeness (QED) is 0.838. The van der Waals surface area contributed by atoms with Crippen LogP contribution < -0.4 is 10.1 Å². The zero-order valence-corrected chi connectivity index (χ0v) is 10.8. The number of nitriles is 1. The van der Waals surface area contributed by atoms with Gasteiger partial charge in [0, 0.05) is 12.1 Å². The van der Waals surface area contributed by atoms with Crippen molar-refractivity contribution in [2.75, 3.05) is 13.2 Å². The smallest absolute Gasteiger partial charge is 0.251 e. The van der Waals surface area contributed by atoms with Crippen LogP contribution in [0.4, 0.5) is 0 Å². The SMILES string of the molecule is CCCOc1cccc(C(=O)NCC(C)C#N)c1. The van der Waals surface area contributed by atoms with Crippen molar-refractivity contribution >= 4 is 5.91 Å². The van der Waals surface area contributed by atoms with E-state index in [4.69, 9.17) is 10.00 Å². The normalized spacial score (nSPS) is 11.4. The predicted molar refractivity (Wildman–Crippen MR) is 69.3 cm³/mol. The summed E-state index contributed by atoms with van der Waals surface area (Å²) >= 11 is 0. The molecule has 1 rings (SSSR count). The summed E-state index contributed by atoms with van der Waals surface area (Å²) in [5, 5.41) is 11.4. The highest BCUT2D eigenvalue weighted by molar-refractivity contribution is 5.94. The largest absolute Gasteiger partial charge is 0.494 e. The van der Waals surface area contributed by atoms with Crippen molar-refractivity contribution in [2.24, 2.45) is 5.92 Å². The van der Waals surface area contributed by atoms with Gasteiger partial charge in [0.15, 0.2) is 0 Å². The first-order chi connectivity index (χ1) is 8.67. The van der Waals surface area contributed by atoms with E-state index in [1.807, 2.05) is 13.0 Å². The van der Waals surface area contributed by atoms with Crippen molar-refractivity contribution in [2.45, 2.75) is 20.3 Å². The van der Waals surface area contributed by atoms with Gasteiger partial charge in [0.05, 0.1) is 18.6 Å². The third-order valence-electron chi connectivity index (χ3n) is 2.36. The number of carbonyl (C=O) groups excluding carboxylic acids is 1. The highest BCUT2D eigenvalue weighted by Gasteiger charge is 2.08. The molecule has 1 aromatic rings. The van der Waals surface area contributed by atoms with Crippen LogP contribution in [-0.2, 0) is 0 Å². The van der Waals surface area contributed by atoms with E-state index >= 15 is 0 Å². The number of rotatable bonds is 6. The minimum atomic E-state index is -0.187. The molecule has 0 saturated carbocycles. The number of amides is 1. The molecule has 96 valence electrons. The molecular formula is C14H18N2O2. The van der Waals surface area contributed by atoms with E-state index in [0.717, 1.165) is 6.42 Å². The first-order valence-corrected chi connectivity index (χ1v) is 6.08. The average Bonchev–Trinajstić information content (AvgIpc) is 2.42. The van der Waals surface area contributed by atoms with Crippen molar-refractivity contribution in [1.29, 1.82) is 5.26 Å². The van der Waals surface area contributed by atoms with Crippen molar-refractivity contribution in [1.82, 2.24) is 5.32 Å². The average molecular weight is 246 g/mol. The summed E-state index contributed by atoms with van der Waals surface area (Å²) < 4.78 is 5.46. The summed E-state index contributed by atoms with van der Waals surface area (Å²) in [7, 11) is 0. The monoisotopic (exact) mass is 246 g/mol. The van der Waals surface area contributed by atoms with Gasteiger partial charge in [-0.2, -0.15) is 5.26 Å². The molecule has 1 aromatic carbocycles. The predicted octanol–water partition coefficient (Wildman–Crippen LogP) is 2.36. The van der Waals surface area contributed by atoms with E-state index in [2.05, 4.69) is 11.4 Å². The Balaban J connectivity index is 2.60. The molecule has 1 N–H and O–H groups in total. The topological polar surface area (TPSA) is 62.1 Å². The maximum absolute atomic E-state index is 11.8. The Morgan fingerprint density at radius 1 is 1.56 bits per heavy atom. The van der Waals surface area contributed by atoms with Gasteiger partial charge in [-0.25, -0.2) is 0 Å². The van der Waals surface area contributed by atoms with Crippen molar-refractivity contribution in [3.8, 4) is 11.8 Å². The van der Waals surface area contributed by atoms with Gasteiger partial charge in [-0.3, -0.25) is 4.79 Å². The molecule has 0 aromatic heterocycles. The maximum atomic E-state index is 11.8. The van der Waals surface area contributed by atoms with Crippen LogP contribution in [0, 0.1) is 17.2 Å². The number of benzene rings is 1. The Kier molecular flexibility index (Phi) is 5.72. The Bertz CT molecular complexity index is 438. The van der Waals surface area contributed by atoms with Crippen LogP contribution in [0.2, 0.25) is 0 Å². The molecule has 0 fully saturated rings. The molecule has 1 unspecified atom stereocenters. The summed E-state index contributed by atoms with van der Waals surface area (Å²) in [6.45, 7) is 4.78. The van der Waals surface area contributed by atoms with Gasteiger partial charge >= 0.3 is 0 Å². The molecular weight excluding hydrogens is 228 g/mol. The van der Waals surface area contributed by atoms with Gasteiger partial charge < -0.3 is 10.1 Å². The number of ether oxygens (including phenoxy) is 1. The lowest BCUT2D eigenvalue weighted by Crippen LogP contribution is -2.27. The van der Waals surface area contributed by atoms with E-state index in [9.17, 15) is 4.79 Å². The Labute approximate surface area is 108 Å². The molecule has 0 bridgehead atoms. The summed E-state index contributed by atoms with van der Waals surface area (Å²) in [6, 6.07) is 9.12. The second-order valence-electron chi connectivity index (χ2n) is 4.12. The van der Waals surface area contributed by atoms with Crippen molar-refractivity contribution in [3.05, 3.63) is 29.8 Å². The fourth-order valence-corrected chi connectivity index (χ4v) is 1.34. The van der Waals surface area contributed by atoms with Crippen LogP contribution in [0.25, 0.3) is 0 Å². The molecule has 0 heterocycles. The molecule has 0 spiro atoms. The number of hydrogen-bond donors (Lipinski definition) is 1. The van der Waals surface area contributed by atoms with Crippen LogP contribution in [0.5, 0.6) is 5.75 Å². The van der Waals surface area contributed by atoms with E-state index in [1.54, 1.807) is 25.1 Å². The van der Waals surface area contributed by atoms with Crippen LogP contribution in [0.1, 0.15) is 30.6 Å². The molecule has 0 aliphatic carbocycles. The Morgan fingerprint density at radius 2 is 2.33 bits per heavy atom. The fourth-order valence-electron chi connectivity index (χ4n) is 1.34. The molecule has 0 aliphatic rings. The fraction of sp³-hybridized carbons (Fsp3) is 0.429. The first kappa shape index (κ1) is 14.0. The van der Waals surface area contributed by atoms with Gasteiger partial charge in [0.2, 0.25) is 0 Å². The minimum Gasteiger partial charge on any atom is -0.494 e. The highest BCUT2D eigenvalue weighted by atomic mass is 16.5. The standard InChI is InChI=1S/C14H18N2O2/c1-3-7-18-13-6-4-5-12(8-13)14(17)16-10-11(2)9-15/h4-6,8,11H,3,7,10H2,1-2H3,(H,16,17). The third-order valence-corrected chi connectivity index (χ3v) is 2.36. The Morgan fingerprint density at radius 3 is 3.00 bits per heavy atom. The lowest BCUT2D eigenvalue weighted by atomic mass is 10.1. The van der Waals surface area contributed by atoms with Crippen LogP contribution in [0.15, 0.2) is 24.3 Å². The molecule has 0 radical (unpaired) electrons. The summed E-state index contributed by atoms with van der Waals surface area (Å²) in [6.07, 6.45) is 0.927. The van der Waals surface area contributed by atoms with Crippen LogP contribution in [0.3, 0.4) is 0 Å². The van der Waals surface area contributed by atoms with Gasteiger partial charge in [-0.05, 0) is 31.5 Å². The van der Waals surface area contributed by atoms with E-state index in [-0.39, 0.29) is 11.8 Å². The summed E-state index contributed by atoms with van der Waals surface area (Å²) in [5.41, 5.74) is 0.550. The van der Waals surface area contributed by atoms with Gasteiger partial charge in [0.1, 0.15) is 5.75 Å². The lowest BCUT2D eigenvalue weighted by molar-refractivity contribution is 0.0950. The molecule has 1 amide bonds. The van der Waals surface area contributed by atoms with E-state index in [0.29, 0.717) is 24.5 Å². The van der Waals surface area contributed by atoms with Gasteiger partial charge in [0.25, 0.3) is 5.91 Å². The Hall–Kier alpha value is -2.02. The van der Waals surface area contributed by atoms with Crippen molar-refractivity contribution < 1.29 is 9.53 Å². The zero-order valence-electron chi connectivity index (χ0n) is 10.8. The van der Waals surface area contributed by atoms with Gasteiger partial charge in [-0.15, -0.1) is 0 Å². The molecule has 4 nitrogen and oxygen atoms in total. The summed E-state index contributed by atoms with van der Waals surface area (Å²) in [4.78, 5) is 11.8. The van der Waals surface area contributed by atoms with Crippen LogP contribution in [-0.4, -0.2) is 19.1 Å². The second-order valence-corrected chi connectivity index (χ2v) is 4.12. The van der Waals surface area contributed by atoms with E-state index in [1.165, 1.54) is 0 Å². The first-order valence-electron chi connectivity index (χ1n) is 6.08. The molecule has 4 heteroatoms. The maximum Gasteiger partial charge on any atom is 0.251 e. The van der Waals surface area contributed by atoms with Crippen LogP contribution >= 0.6 is 0 Å². The van der Waals surface area contributed by atoms with E-state index < -0.39 is 0 Å². The third kappa shape index (κ3) is 4.46. The number of nitrogens with one attached hydrogen (secondary N) is 1. The minimum absolute atomic E-state index is 0.181. The zero-order chi connectivity index (χ0) is 13.4. The summed E-state index contributed by atoms with van der Waals surface area (Å²) in [5.74, 6) is 0.324. The highest BCUT2D eigenvalue weighted by Crippen LogP contribution is 2.13. The number of hydrogen-bond acceptors (Lipinski definition) is 3. The number of carbonyl (C=O) groups is 1. The number of nitrogens with zero attached hydrogens (tertiary/aromatic N) is 1. The van der Waals surface area contributed by atoms with Gasteiger partial charge in [-0.1, -0.05) is 13.0 Å². The van der Waals surface area contributed by atoms with Crippen molar-refractivity contribution in [3.63, 3.8) is 0 Å². The second kappa shape index (κ2) is 7.33. The molecule has 0 aliphatic heterocycles. The molecule has 0 saturated heterocycles. The molecule has 1 atom stereocenters. The molecule has 18 heavy (non-hydrogen) atoms.